The minimum absolute atomic E-state index is 0.172. The van der Waals surface area contributed by atoms with Crippen LogP contribution in [0.3, 0.4) is 0 Å². The van der Waals surface area contributed by atoms with E-state index >= 15 is 0 Å². The third kappa shape index (κ3) is 4.10. The number of hydrogen-bond acceptors (Lipinski definition) is 3. The molecule has 1 radical (unpaired) electrons. The Morgan fingerprint density at radius 2 is 1.76 bits per heavy atom. The van der Waals surface area contributed by atoms with Crippen LogP contribution in [0.25, 0.3) is 0 Å². The minimum atomic E-state index is -0.227. The number of nitrogens with zero attached hydrogens (tertiary/aromatic N) is 3. The number of hydrogen-bond donors (Lipinski definition) is 0. The van der Waals surface area contributed by atoms with Crippen molar-refractivity contribution in [1.29, 1.82) is 0 Å². The lowest BCUT2D eigenvalue weighted by atomic mass is 10.1. The van der Waals surface area contributed by atoms with Crippen LogP contribution in [0.2, 0.25) is 0 Å². The Labute approximate surface area is 148 Å². The molecule has 1 unspecified atom stereocenters. The molecule has 1 aliphatic rings. The molecule has 0 amide bonds. The van der Waals surface area contributed by atoms with Crippen molar-refractivity contribution in [1.82, 2.24) is 14.0 Å². The second kappa shape index (κ2) is 7.83. The zero-order valence-corrected chi connectivity index (χ0v) is 15.0. The summed E-state index contributed by atoms with van der Waals surface area (Å²) in [5, 5.41) is 0. The molecule has 0 aliphatic carbocycles. The molecule has 2 aromatic rings. The number of aryl methyl sites for hydroxylation is 1. The van der Waals surface area contributed by atoms with Gasteiger partial charge in [-0.25, -0.2) is 4.79 Å². The number of benzene rings is 1. The van der Waals surface area contributed by atoms with Crippen molar-refractivity contribution in [3.8, 4) is 0 Å². The largest absolute Gasteiger partial charge is 0.331 e. The van der Waals surface area contributed by atoms with Gasteiger partial charge in [-0.3, -0.25) is 18.8 Å². The van der Waals surface area contributed by atoms with Crippen LogP contribution < -0.4 is 11.2 Å². The highest BCUT2D eigenvalue weighted by Crippen LogP contribution is 2.11. The lowest BCUT2D eigenvalue weighted by Crippen LogP contribution is -2.47. The molecule has 1 saturated heterocycles. The fraction of sp³-hybridized carbons (Fsp3) is 0.450. The lowest BCUT2D eigenvalue weighted by molar-refractivity contribution is 0.174. The van der Waals surface area contributed by atoms with Crippen LogP contribution in [-0.2, 0) is 13.1 Å². The molecule has 0 bridgehead atoms. The molecule has 5 nitrogen and oxygen atoms in total. The van der Waals surface area contributed by atoms with E-state index in [4.69, 9.17) is 0 Å². The molecule has 1 aliphatic heterocycles. The van der Waals surface area contributed by atoms with Crippen molar-refractivity contribution in [2.75, 3.05) is 13.1 Å². The molecular formula is C20H26N3O2. The molecule has 0 spiro atoms. The summed E-state index contributed by atoms with van der Waals surface area (Å²) in [4.78, 5) is 27.8. The molecule has 3 rings (SSSR count). The van der Waals surface area contributed by atoms with Gasteiger partial charge in [0.2, 0.25) is 0 Å². The summed E-state index contributed by atoms with van der Waals surface area (Å²) in [6, 6.07) is 10.0. The van der Waals surface area contributed by atoms with Crippen LogP contribution in [0, 0.1) is 13.3 Å². The van der Waals surface area contributed by atoms with E-state index in [-0.39, 0.29) is 17.3 Å². The van der Waals surface area contributed by atoms with Crippen LogP contribution in [0.1, 0.15) is 30.9 Å². The Morgan fingerprint density at radius 1 is 1.08 bits per heavy atom. The average molecular weight is 340 g/mol. The summed E-state index contributed by atoms with van der Waals surface area (Å²) < 4.78 is 3.05. The molecule has 1 aromatic carbocycles. The van der Waals surface area contributed by atoms with Gasteiger partial charge in [0.15, 0.2) is 0 Å². The van der Waals surface area contributed by atoms with E-state index in [1.54, 1.807) is 17.7 Å². The van der Waals surface area contributed by atoms with E-state index in [1.807, 2.05) is 30.3 Å². The summed E-state index contributed by atoms with van der Waals surface area (Å²) >= 11 is 0. The summed E-state index contributed by atoms with van der Waals surface area (Å²) in [5.74, 6) is 0. The Morgan fingerprint density at radius 3 is 2.44 bits per heavy atom. The molecule has 133 valence electrons. The van der Waals surface area contributed by atoms with E-state index in [2.05, 4.69) is 18.2 Å². The van der Waals surface area contributed by atoms with Crippen LogP contribution in [0.5, 0.6) is 0 Å². The molecule has 1 aromatic heterocycles. The molecule has 25 heavy (non-hydrogen) atoms. The van der Waals surface area contributed by atoms with Crippen molar-refractivity contribution < 1.29 is 0 Å². The van der Waals surface area contributed by atoms with Crippen LogP contribution >= 0.6 is 0 Å². The maximum atomic E-state index is 12.9. The molecule has 5 heteroatoms. The number of rotatable bonds is 5. The zero-order chi connectivity index (χ0) is 17.8. The Bertz CT molecular complexity index is 817. The summed E-state index contributed by atoms with van der Waals surface area (Å²) in [5.41, 5.74) is 1.25. The minimum Gasteiger partial charge on any atom is -0.299 e. The molecule has 1 fully saturated rings. The van der Waals surface area contributed by atoms with Crippen molar-refractivity contribution >= 4 is 0 Å². The Hall–Kier alpha value is -2.14. The number of aromatic nitrogens is 2. The first kappa shape index (κ1) is 17.7. The zero-order valence-electron chi connectivity index (χ0n) is 15.0. The van der Waals surface area contributed by atoms with Gasteiger partial charge in [-0.05, 0) is 51.8 Å². The molecular weight excluding hydrogens is 314 g/mol. The number of likely N-dealkylation sites (tertiary alicyclic amines) is 1. The fourth-order valence-electron chi connectivity index (χ4n) is 3.44. The second-order valence-corrected chi connectivity index (χ2v) is 6.87. The first-order valence-corrected chi connectivity index (χ1v) is 8.97. The van der Waals surface area contributed by atoms with Gasteiger partial charge >= 0.3 is 5.69 Å². The second-order valence-electron chi connectivity index (χ2n) is 6.87. The van der Waals surface area contributed by atoms with Gasteiger partial charge in [0.05, 0.1) is 6.54 Å². The maximum Gasteiger partial charge on any atom is 0.331 e. The standard InChI is InChI=1S/C20H26N3O2/c1-16-13-22(15-18-9-5-3-6-10-18)20(25)23(19(16)24)14-17(2)21-11-7-4-8-12-21/h3-6,9-10,13,17H,7-8,11-12,14-15H2,1-2H3. The van der Waals surface area contributed by atoms with Crippen LogP contribution in [-0.4, -0.2) is 33.2 Å². The quantitative estimate of drug-likeness (QED) is 0.837. The highest BCUT2D eigenvalue weighted by molar-refractivity contribution is 5.15. The Kier molecular flexibility index (Phi) is 5.53. The summed E-state index contributed by atoms with van der Waals surface area (Å²) in [7, 11) is 0. The molecule has 0 saturated carbocycles. The van der Waals surface area contributed by atoms with Gasteiger partial charge in [-0.1, -0.05) is 30.3 Å². The van der Waals surface area contributed by atoms with Crippen molar-refractivity contribution in [2.24, 2.45) is 0 Å². The van der Waals surface area contributed by atoms with E-state index in [0.717, 1.165) is 31.5 Å². The van der Waals surface area contributed by atoms with Crippen molar-refractivity contribution in [2.45, 2.75) is 45.8 Å². The van der Waals surface area contributed by atoms with Gasteiger partial charge in [0, 0.05) is 24.3 Å². The van der Waals surface area contributed by atoms with Crippen LogP contribution in [0.15, 0.2) is 46.1 Å². The van der Waals surface area contributed by atoms with Gasteiger partial charge in [-0.15, -0.1) is 0 Å². The highest BCUT2D eigenvalue weighted by atomic mass is 16.2. The average Bonchev–Trinajstić information content (AvgIpc) is 2.64. The van der Waals surface area contributed by atoms with Crippen molar-refractivity contribution in [3.63, 3.8) is 0 Å². The Balaban J connectivity index is 1.88. The maximum absolute atomic E-state index is 12.9. The fourth-order valence-corrected chi connectivity index (χ4v) is 3.44. The summed E-state index contributed by atoms with van der Waals surface area (Å²) in [6.45, 7) is 6.79. The lowest BCUT2D eigenvalue weighted by Gasteiger charge is -2.32. The summed E-state index contributed by atoms with van der Waals surface area (Å²) in [6.07, 6.45) is 6.13. The van der Waals surface area contributed by atoms with Gasteiger partial charge in [0.1, 0.15) is 0 Å². The topological polar surface area (TPSA) is 47.2 Å². The van der Waals surface area contributed by atoms with E-state index in [9.17, 15) is 9.59 Å². The van der Waals surface area contributed by atoms with Gasteiger partial charge < -0.3 is 0 Å². The third-order valence-corrected chi connectivity index (χ3v) is 4.92. The smallest absolute Gasteiger partial charge is 0.299 e. The normalized spacial score (nSPS) is 16.7. The predicted octanol–water partition coefficient (Wildman–Crippen LogP) is 2.06. The molecule has 2 heterocycles. The van der Waals surface area contributed by atoms with Gasteiger partial charge in [0.25, 0.3) is 5.56 Å². The highest BCUT2D eigenvalue weighted by Gasteiger charge is 2.19. The van der Waals surface area contributed by atoms with E-state index in [1.165, 1.54) is 4.57 Å². The predicted molar refractivity (Wildman–Crippen MR) is 99.8 cm³/mol. The van der Waals surface area contributed by atoms with Gasteiger partial charge in [-0.2, -0.15) is 0 Å². The number of piperidine rings is 1. The first-order valence-electron chi connectivity index (χ1n) is 8.97. The van der Waals surface area contributed by atoms with E-state index in [0.29, 0.717) is 18.7 Å². The first-order chi connectivity index (χ1) is 12.1. The molecule has 0 N–H and O–H groups in total. The van der Waals surface area contributed by atoms with Crippen LogP contribution in [0.4, 0.5) is 0 Å². The monoisotopic (exact) mass is 340 g/mol. The third-order valence-electron chi connectivity index (χ3n) is 4.92. The molecule has 1 atom stereocenters. The van der Waals surface area contributed by atoms with Crippen molar-refractivity contribution in [3.05, 3.63) is 74.9 Å². The van der Waals surface area contributed by atoms with E-state index < -0.39 is 0 Å². The SMILES string of the molecule is Cc1cn(Cc2ccccc2)c(=O)n(CC(C)N2CC[CH]CC2)c1=O.